The molecule has 3 nitrogen and oxygen atoms in total. The van der Waals surface area contributed by atoms with Crippen LogP contribution in [0.15, 0.2) is 23.2 Å². The van der Waals surface area contributed by atoms with E-state index in [1.165, 1.54) is 103 Å². The van der Waals surface area contributed by atoms with Gasteiger partial charge < -0.3 is 14.5 Å². The largest absolute Gasteiger partial charge is 0.501 e. The maximum Gasteiger partial charge on any atom is 0.108 e. The molecule has 0 N–H and O–H groups in total. The minimum atomic E-state index is 0.00264. The zero-order chi connectivity index (χ0) is 24.8. The molecule has 0 radical (unpaired) electrons. The summed E-state index contributed by atoms with van der Waals surface area (Å²) < 4.78 is 6.22. The summed E-state index contributed by atoms with van der Waals surface area (Å²) in [7, 11) is 0.00264. The quantitative estimate of drug-likeness (QED) is 0.256. The van der Waals surface area contributed by atoms with Gasteiger partial charge in [-0.25, -0.2) is 0 Å². The third-order valence-corrected chi connectivity index (χ3v) is 13.2. The van der Waals surface area contributed by atoms with Crippen LogP contribution < -0.4 is 0 Å². The van der Waals surface area contributed by atoms with Crippen molar-refractivity contribution in [2.24, 2.45) is 0 Å². The predicted molar refractivity (Wildman–Crippen MR) is 153 cm³/mol. The van der Waals surface area contributed by atoms with Crippen molar-refractivity contribution in [1.29, 1.82) is 0 Å². The van der Waals surface area contributed by atoms with E-state index in [9.17, 15) is 0 Å². The monoisotopic (exact) mass is 502 g/mol. The van der Waals surface area contributed by atoms with Gasteiger partial charge in [0, 0.05) is 36.4 Å². The summed E-state index contributed by atoms with van der Waals surface area (Å²) in [6.07, 6.45) is 22.4. The zero-order valence-electron chi connectivity index (χ0n) is 23.7. The van der Waals surface area contributed by atoms with Crippen LogP contribution in [0.5, 0.6) is 0 Å². The van der Waals surface area contributed by atoms with E-state index in [1.807, 2.05) is 0 Å². The molecule has 0 spiro atoms. The minimum absolute atomic E-state index is 0.00264. The molecular weight excluding hydrogens is 447 g/mol. The van der Waals surface area contributed by atoms with Gasteiger partial charge in [-0.2, -0.15) is 0 Å². The average molecular weight is 503 g/mol. The number of rotatable bonds is 7. The van der Waals surface area contributed by atoms with E-state index in [2.05, 4.69) is 50.7 Å². The fourth-order valence-electron chi connectivity index (χ4n) is 7.55. The van der Waals surface area contributed by atoms with E-state index < -0.39 is 0 Å². The average Bonchev–Trinajstić information content (AvgIpc) is 2.88. The molecule has 1 saturated heterocycles. The van der Waals surface area contributed by atoms with Crippen molar-refractivity contribution in [3.8, 4) is 0 Å². The van der Waals surface area contributed by atoms with Crippen LogP contribution in [-0.2, 0) is 4.74 Å². The van der Waals surface area contributed by atoms with E-state index in [-0.39, 0.29) is 7.92 Å². The molecule has 3 saturated carbocycles. The fraction of sp³-hybridized carbons (Fsp3) is 0.871. The van der Waals surface area contributed by atoms with Crippen molar-refractivity contribution < 1.29 is 4.74 Å². The summed E-state index contributed by atoms with van der Waals surface area (Å²) >= 11 is 0. The normalized spacial score (nSPS) is 27.1. The summed E-state index contributed by atoms with van der Waals surface area (Å²) in [4.78, 5) is 5.48. The Bertz CT molecular complexity index is 681. The lowest BCUT2D eigenvalue weighted by Gasteiger charge is -2.49. The van der Waals surface area contributed by atoms with Crippen molar-refractivity contribution in [2.45, 2.75) is 154 Å². The Balaban J connectivity index is 1.78. The fourth-order valence-corrected chi connectivity index (χ4v) is 12.1. The van der Waals surface area contributed by atoms with Gasteiger partial charge in [0.15, 0.2) is 0 Å². The van der Waals surface area contributed by atoms with Crippen molar-refractivity contribution in [3.63, 3.8) is 0 Å². The van der Waals surface area contributed by atoms with E-state index >= 15 is 0 Å². The van der Waals surface area contributed by atoms with Crippen LogP contribution in [0.2, 0.25) is 0 Å². The van der Waals surface area contributed by atoms with Gasteiger partial charge in [0.2, 0.25) is 0 Å². The molecule has 35 heavy (non-hydrogen) atoms. The SMILES string of the molecule is CCOC=C1C(=C2N(C(C)C)CCCN2C(C)C)CCCC1P(C1CCCCC1)C1CCCCC1. The molecule has 1 aliphatic heterocycles. The van der Waals surface area contributed by atoms with Gasteiger partial charge in [-0.05, 0) is 103 Å². The molecule has 200 valence electrons. The Morgan fingerprint density at radius 1 is 0.771 bits per heavy atom. The molecule has 0 aromatic heterocycles. The van der Waals surface area contributed by atoms with E-state index in [4.69, 9.17) is 4.74 Å². The van der Waals surface area contributed by atoms with Gasteiger partial charge in [-0.3, -0.25) is 0 Å². The Labute approximate surface area is 218 Å². The molecule has 0 amide bonds. The highest BCUT2D eigenvalue weighted by atomic mass is 31.1. The smallest absolute Gasteiger partial charge is 0.108 e. The van der Waals surface area contributed by atoms with Crippen LogP contribution in [0.3, 0.4) is 0 Å². The Morgan fingerprint density at radius 2 is 1.31 bits per heavy atom. The van der Waals surface area contributed by atoms with Gasteiger partial charge in [0.1, 0.15) is 5.82 Å². The maximum absolute atomic E-state index is 6.22. The molecule has 4 rings (SSSR count). The lowest BCUT2D eigenvalue weighted by atomic mass is 9.88. The van der Waals surface area contributed by atoms with Crippen LogP contribution in [0.4, 0.5) is 0 Å². The van der Waals surface area contributed by atoms with Gasteiger partial charge >= 0.3 is 0 Å². The molecule has 0 aromatic carbocycles. The first-order valence-electron chi connectivity index (χ1n) is 15.4. The Morgan fingerprint density at radius 3 is 1.80 bits per heavy atom. The number of allylic oxidation sites excluding steroid dienone is 2. The predicted octanol–water partition coefficient (Wildman–Crippen LogP) is 8.64. The van der Waals surface area contributed by atoms with Crippen LogP contribution in [0, 0.1) is 0 Å². The molecule has 0 aromatic rings. The molecule has 3 aliphatic carbocycles. The third-order valence-electron chi connectivity index (χ3n) is 9.20. The van der Waals surface area contributed by atoms with Crippen molar-refractivity contribution in [1.82, 2.24) is 9.80 Å². The molecule has 4 heteroatoms. The van der Waals surface area contributed by atoms with E-state index in [0.717, 1.165) is 23.6 Å². The summed E-state index contributed by atoms with van der Waals surface area (Å²) in [6.45, 7) is 14.9. The first-order chi connectivity index (χ1) is 17.0. The lowest BCUT2D eigenvalue weighted by molar-refractivity contribution is 0.106. The number of nitrogens with zero attached hydrogens (tertiary/aromatic N) is 2. The topological polar surface area (TPSA) is 15.7 Å². The van der Waals surface area contributed by atoms with Crippen molar-refractivity contribution >= 4 is 7.92 Å². The van der Waals surface area contributed by atoms with Crippen LogP contribution in [0.1, 0.15) is 125 Å². The first kappa shape index (κ1) is 27.3. The Kier molecular flexibility index (Phi) is 10.3. The standard InChI is InChI=1S/C31H55N2OP/c1-6-34-23-29-28(31-32(24(2)3)21-14-22-33(31)25(4)5)19-13-20-30(29)35(26-15-9-7-10-16-26)27-17-11-8-12-18-27/h23-27,30H,6-22H2,1-5H3. The van der Waals surface area contributed by atoms with Gasteiger partial charge in [-0.1, -0.05) is 46.4 Å². The third kappa shape index (κ3) is 6.42. The van der Waals surface area contributed by atoms with Gasteiger partial charge in [-0.15, -0.1) is 0 Å². The molecule has 1 unspecified atom stereocenters. The van der Waals surface area contributed by atoms with Crippen LogP contribution in [0.25, 0.3) is 0 Å². The second kappa shape index (κ2) is 13.2. The van der Waals surface area contributed by atoms with Gasteiger partial charge in [0.05, 0.1) is 12.9 Å². The summed E-state index contributed by atoms with van der Waals surface area (Å²) in [5.74, 6) is 1.57. The highest BCUT2D eigenvalue weighted by Gasteiger charge is 2.42. The number of hydrogen-bond donors (Lipinski definition) is 0. The summed E-state index contributed by atoms with van der Waals surface area (Å²) in [5, 5.41) is 0. The second-order valence-corrected chi connectivity index (χ2v) is 15.2. The van der Waals surface area contributed by atoms with Gasteiger partial charge in [0.25, 0.3) is 0 Å². The molecule has 4 fully saturated rings. The Hall–Kier alpha value is -0.690. The summed E-state index contributed by atoms with van der Waals surface area (Å²) in [6, 6.07) is 1.09. The van der Waals surface area contributed by atoms with Crippen LogP contribution in [-0.4, -0.2) is 58.6 Å². The molecule has 1 atom stereocenters. The molecule has 0 bridgehead atoms. The lowest BCUT2D eigenvalue weighted by Crippen LogP contribution is -2.49. The van der Waals surface area contributed by atoms with Crippen molar-refractivity contribution in [2.75, 3.05) is 19.7 Å². The van der Waals surface area contributed by atoms with Crippen molar-refractivity contribution in [3.05, 3.63) is 23.2 Å². The molecular formula is C31H55N2OP. The minimum Gasteiger partial charge on any atom is -0.501 e. The molecule has 4 aliphatic rings. The molecule has 1 heterocycles. The summed E-state index contributed by atoms with van der Waals surface area (Å²) in [5.41, 5.74) is 6.04. The zero-order valence-corrected chi connectivity index (χ0v) is 24.6. The van der Waals surface area contributed by atoms with Crippen LogP contribution >= 0.6 is 7.92 Å². The van der Waals surface area contributed by atoms with E-state index in [0.29, 0.717) is 12.1 Å². The van der Waals surface area contributed by atoms with E-state index in [1.54, 1.807) is 17.0 Å². The second-order valence-electron chi connectivity index (χ2n) is 12.2. The number of hydrogen-bond acceptors (Lipinski definition) is 3. The maximum atomic E-state index is 6.22. The number of ether oxygens (including phenoxy) is 1. The highest BCUT2D eigenvalue weighted by Crippen LogP contribution is 2.63. The highest BCUT2D eigenvalue weighted by molar-refractivity contribution is 7.60. The first-order valence-corrected chi connectivity index (χ1v) is 16.9.